The Hall–Kier alpha value is -4.93. The number of rotatable bonds is 11. The van der Waals surface area contributed by atoms with Crippen LogP contribution in [0.15, 0.2) is 30.3 Å². The van der Waals surface area contributed by atoms with Crippen molar-refractivity contribution in [1.82, 2.24) is 20.1 Å². The van der Waals surface area contributed by atoms with Gasteiger partial charge < -0.3 is 50.4 Å². The molecule has 3 aromatic rings. The Balaban J connectivity index is 0.000000448. The summed E-state index contributed by atoms with van der Waals surface area (Å²) in [5.74, 6) is -0.0304. The molecule has 16 heteroatoms. The van der Waals surface area contributed by atoms with E-state index in [1.165, 1.54) is 12.1 Å². The molecule has 2 atom stereocenters. The van der Waals surface area contributed by atoms with Crippen molar-refractivity contribution in [3.8, 4) is 34.4 Å². The second-order valence-corrected chi connectivity index (χ2v) is 11.0. The first-order chi connectivity index (χ1) is 21.2. The van der Waals surface area contributed by atoms with Crippen LogP contribution in [0.2, 0.25) is 0 Å². The third-order valence-electron chi connectivity index (χ3n) is 6.95. The first kappa shape index (κ1) is 33.0. The van der Waals surface area contributed by atoms with Crippen molar-refractivity contribution in [2.24, 2.45) is 0 Å². The molecule has 0 saturated heterocycles. The zero-order chi connectivity index (χ0) is 32.9. The molecule has 1 aromatic heterocycles. The summed E-state index contributed by atoms with van der Waals surface area (Å²) in [6.07, 6.45) is -2.78. The second kappa shape index (κ2) is 13.8. The van der Waals surface area contributed by atoms with Crippen LogP contribution >= 0.6 is 0 Å². The van der Waals surface area contributed by atoms with E-state index in [0.29, 0.717) is 40.9 Å². The molecule has 0 radical (unpaired) electrons. The van der Waals surface area contributed by atoms with Gasteiger partial charge in [-0.2, -0.15) is 5.10 Å². The van der Waals surface area contributed by atoms with E-state index in [2.05, 4.69) is 20.7 Å². The van der Waals surface area contributed by atoms with Crippen LogP contribution in [-0.2, 0) is 20.9 Å². The number of carbonyl (C=O) groups is 3. The first-order valence-electron chi connectivity index (χ1n) is 13.9. The number of aromatic hydroxyl groups is 1. The molecule has 0 fully saturated rings. The fourth-order valence-corrected chi connectivity index (χ4v) is 4.46. The SMILES string of the molecule is Cc1nc(-c2ccc3c(c2)OCO3)nn1CCC(C)(C)NCC(O)c1cc(O)cc2c1OCC(=O)N2.O=C(O)CC(O)C(=O)O. The number of β-amino-alcohol motifs (C(OH)–C–C–N with tert-alkyl or cyclic N) is 1. The predicted octanol–water partition coefficient (Wildman–Crippen LogP) is 1.42. The van der Waals surface area contributed by atoms with E-state index in [1.807, 2.05) is 43.7 Å². The Bertz CT molecular complexity index is 1570. The monoisotopic (exact) mass is 629 g/mol. The van der Waals surface area contributed by atoms with Gasteiger partial charge in [-0.25, -0.2) is 14.5 Å². The Labute approximate surface area is 257 Å². The lowest BCUT2D eigenvalue weighted by Gasteiger charge is -2.29. The summed E-state index contributed by atoms with van der Waals surface area (Å²) in [4.78, 5) is 35.6. The largest absolute Gasteiger partial charge is 0.508 e. The highest BCUT2D eigenvalue weighted by Crippen LogP contribution is 2.39. The molecule has 0 bridgehead atoms. The van der Waals surface area contributed by atoms with Crippen LogP contribution in [0.3, 0.4) is 0 Å². The summed E-state index contributed by atoms with van der Waals surface area (Å²) in [7, 11) is 0. The molecule has 0 aliphatic carbocycles. The highest BCUT2D eigenvalue weighted by Gasteiger charge is 2.26. The highest BCUT2D eigenvalue weighted by atomic mass is 16.7. The molecule has 2 unspecified atom stereocenters. The maximum Gasteiger partial charge on any atom is 0.333 e. The summed E-state index contributed by atoms with van der Waals surface area (Å²) in [6, 6.07) is 8.50. The van der Waals surface area contributed by atoms with Gasteiger partial charge in [-0.3, -0.25) is 9.59 Å². The fourth-order valence-electron chi connectivity index (χ4n) is 4.46. The quantitative estimate of drug-likeness (QED) is 0.159. The van der Waals surface area contributed by atoms with E-state index in [4.69, 9.17) is 29.5 Å². The molecule has 16 nitrogen and oxygen atoms in total. The number of amides is 1. The van der Waals surface area contributed by atoms with Crippen LogP contribution in [0, 0.1) is 6.92 Å². The number of hydrogen-bond donors (Lipinski definition) is 7. The zero-order valence-corrected chi connectivity index (χ0v) is 24.8. The molecule has 2 aliphatic rings. The topological polar surface area (TPSA) is 235 Å². The van der Waals surface area contributed by atoms with Crippen molar-refractivity contribution in [2.75, 3.05) is 25.3 Å². The number of phenols is 1. The number of carboxylic acid groups (broad SMARTS) is 2. The van der Waals surface area contributed by atoms with Gasteiger partial charge in [-0.15, -0.1) is 0 Å². The number of nitrogens with zero attached hydrogens (tertiary/aromatic N) is 3. The molecule has 45 heavy (non-hydrogen) atoms. The lowest BCUT2D eigenvalue weighted by molar-refractivity contribution is -0.152. The van der Waals surface area contributed by atoms with E-state index < -0.39 is 30.6 Å². The van der Waals surface area contributed by atoms with Gasteiger partial charge >= 0.3 is 11.9 Å². The maximum absolute atomic E-state index is 11.6. The van der Waals surface area contributed by atoms with E-state index in [9.17, 15) is 24.6 Å². The van der Waals surface area contributed by atoms with Crippen molar-refractivity contribution in [3.63, 3.8) is 0 Å². The van der Waals surface area contributed by atoms with E-state index in [-0.39, 0.29) is 37.1 Å². The summed E-state index contributed by atoms with van der Waals surface area (Å²) >= 11 is 0. The fraction of sp³-hybridized carbons (Fsp3) is 0.414. The second-order valence-electron chi connectivity index (χ2n) is 11.0. The minimum atomic E-state index is -1.79. The number of carbonyl (C=O) groups excluding carboxylic acids is 1. The first-order valence-corrected chi connectivity index (χ1v) is 13.9. The molecule has 2 aliphatic heterocycles. The number of aromatic nitrogens is 3. The number of phenolic OH excluding ortho intramolecular Hbond substituents is 1. The van der Waals surface area contributed by atoms with Crippen molar-refractivity contribution in [1.29, 1.82) is 0 Å². The number of fused-ring (bicyclic) bond motifs is 2. The number of aliphatic hydroxyl groups excluding tert-OH is 2. The minimum absolute atomic E-state index is 0.0622. The Kier molecular flexibility index (Phi) is 10.1. The van der Waals surface area contributed by atoms with Crippen molar-refractivity contribution >= 4 is 23.5 Å². The minimum Gasteiger partial charge on any atom is -0.508 e. The average Bonchev–Trinajstić information content (AvgIpc) is 3.60. The molecule has 1 amide bonds. The third-order valence-corrected chi connectivity index (χ3v) is 6.95. The lowest BCUT2D eigenvalue weighted by atomic mass is 9.99. The zero-order valence-electron chi connectivity index (χ0n) is 24.8. The highest BCUT2D eigenvalue weighted by molar-refractivity contribution is 5.96. The van der Waals surface area contributed by atoms with E-state index in [1.54, 1.807) is 0 Å². The van der Waals surface area contributed by atoms with Crippen LogP contribution in [0.5, 0.6) is 23.0 Å². The van der Waals surface area contributed by atoms with Gasteiger partial charge in [-0.05, 0) is 51.5 Å². The predicted molar refractivity (Wildman–Crippen MR) is 156 cm³/mol. The number of ether oxygens (including phenoxy) is 3. The lowest BCUT2D eigenvalue weighted by Crippen LogP contribution is -2.42. The Morgan fingerprint density at radius 3 is 2.53 bits per heavy atom. The number of hydrogen-bond acceptors (Lipinski definition) is 12. The normalized spacial score (nSPS) is 14.7. The van der Waals surface area contributed by atoms with Crippen LogP contribution in [0.1, 0.15) is 44.2 Å². The average molecular weight is 630 g/mol. The smallest absolute Gasteiger partial charge is 0.333 e. The summed E-state index contributed by atoms with van der Waals surface area (Å²) in [5, 5.41) is 55.7. The molecule has 5 rings (SSSR count). The molecule has 3 heterocycles. The van der Waals surface area contributed by atoms with Crippen LogP contribution in [0.25, 0.3) is 11.4 Å². The van der Waals surface area contributed by atoms with Crippen molar-refractivity contribution in [3.05, 3.63) is 41.7 Å². The van der Waals surface area contributed by atoms with Crippen LogP contribution < -0.4 is 24.8 Å². The third kappa shape index (κ3) is 8.59. The van der Waals surface area contributed by atoms with Crippen LogP contribution in [0.4, 0.5) is 5.69 Å². The molecule has 0 saturated carbocycles. The molecule has 2 aromatic carbocycles. The van der Waals surface area contributed by atoms with E-state index in [0.717, 1.165) is 17.8 Å². The van der Waals surface area contributed by atoms with Gasteiger partial charge in [0.2, 0.25) is 6.79 Å². The molecule has 0 spiro atoms. The maximum atomic E-state index is 11.6. The summed E-state index contributed by atoms with van der Waals surface area (Å²) < 4.78 is 18.2. The van der Waals surface area contributed by atoms with Gasteiger partial charge in [0.1, 0.15) is 17.3 Å². The van der Waals surface area contributed by atoms with Gasteiger partial charge in [0.25, 0.3) is 5.91 Å². The standard InChI is InChI=1S/C25H29N5O6.C4H6O5/c1-14-27-24(15-4-5-20-21(8-15)36-13-35-20)29-30(14)7-6-25(2,3)26-11-19(32)17-9-16(31)10-18-23(17)34-12-22(33)28-18;5-2(4(8)9)1-3(6)7/h4-5,8-10,19,26,31-32H,6-7,11-13H2,1-3H3,(H,28,33);2,5H,1H2,(H,6,7)(H,8,9). The number of carboxylic acids is 2. The molecular formula is C29H35N5O11. The van der Waals surface area contributed by atoms with Gasteiger partial charge in [0, 0.05) is 35.8 Å². The van der Waals surface area contributed by atoms with Crippen molar-refractivity contribution < 1.29 is 54.1 Å². The van der Waals surface area contributed by atoms with E-state index >= 15 is 0 Å². The molecule has 7 N–H and O–H groups in total. The number of benzene rings is 2. The summed E-state index contributed by atoms with van der Waals surface area (Å²) in [6.45, 7) is 6.92. The molecule has 242 valence electrons. The van der Waals surface area contributed by atoms with Gasteiger partial charge in [0.05, 0.1) is 18.2 Å². The number of aliphatic carboxylic acids is 2. The Morgan fingerprint density at radius 1 is 1.11 bits per heavy atom. The number of nitrogens with one attached hydrogen (secondary N) is 2. The Morgan fingerprint density at radius 2 is 1.84 bits per heavy atom. The summed E-state index contributed by atoms with van der Waals surface area (Å²) in [5.41, 5.74) is 1.27. The van der Waals surface area contributed by atoms with Gasteiger partial charge in [0.15, 0.2) is 30.0 Å². The van der Waals surface area contributed by atoms with Gasteiger partial charge in [-0.1, -0.05) is 0 Å². The number of aryl methyl sites for hydroxylation is 2. The number of anilines is 1. The molecular weight excluding hydrogens is 594 g/mol. The number of aliphatic hydroxyl groups is 2. The van der Waals surface area contributed by atoms with Crippen LogP contribution in [-0.4, -0.2) is 89.7 Å². The van der Waals surface area contributed by atoms with Crippen molar-refractivity contribution in [2.45, 2.75) is 57.9 Å².